The maximum Gasteiger partial charge on any atom is 0.343 e. The summed E-state index contributed by atoms with van der Waals surface area (Å²) < 4.78 is 1.38. The summed E-state index contributed by atoms with van der Waals surface area (Å²) in [5, 5.41) is 6.73. The number of carbonyl (C=O) groups excluding carboxylic acids is 1. The van der Waals surface area contributed by atoms with Crippen LogP contribution in [0.15, 0.2) is 33.0 Å². The molecule has 2 aromatic rings. The van der Waals surface area contributed by atoms with Crippen molar-refractivity contribution in [1.29, 1.82) is 0 Å². The Morgan fingerprint density at radius 1 is 1.45 bits per heavy atom. The molecule has 0 saturated carbocycles. The van der Waals surface area contributed by atoms with Crippen LogP contribution in [0, 0.1) is 0 Å². The van der Waals surface area contributed by atoms with Gasteiger partial charge in [0.05, 0.1) is 0 Å². The van der Waals surface area contributed by atoms with Crippen LogP contribution in [0.1, 0.15) is 10.4 Å². The number of nitrogen functional groups attached to an aromatic ring is 1. The van der Waals surface area contributed by atoms with Crippen LogP contribution in [0.2, 0.25) is 0 Å². The van der Waals surface area contributed by atoms with E-state index in [2.05, 4.69) is 10.2 Å². The Kier molecular flexibility index (Phi) is 3.84. The van der Waals surface area contributed by atoms with E-state index in [-0.39, 0.29) is 11.6 Å². The van der Waals surface area contributed by atoms with Gasteiger partial charge in [-0.25, -0.2) is 9.89 Å². The molecule has 8 heteroatoms. The van der Waals surface area contributed by atoms with Crippen LogP contribution in [-0.4, -0.2) is 39.7 Å². The molecule has 0 unspecified atom stereocenters. The molecular weight excluding hydrogens is 278 g/mol. The number of hydrogen-bond donors (Lipinski definition) is 2. The Balaban J connectivity index is 2.36. The molecule has 1 aromatic heterocycles. The van der Waals surface area contributed by atoms with Gasteiger partial charge >= 0.3 is 5.69 Å². The lowest BCUT2D eigenvalue weighted by molar-refractivity contribution is 0.0827. The fourth-order valence-electron chi connectivity index (χ4n) is 1.54. The third-order valence-electron chi connectivity index (χ3n) is 2.71. The predicted molar refractivity (Wildman–Crippen MR) is 76.8 cm³/mol. The molecule has 1 heterocycles. The highest BCUT2D eigenvalue weighted by Crippen LogP contribution is 2.30. The maximum absolute atomic E-state index is 11.9. The fourth-order valence-corrected chi connectivity index (χ4v) is 2.42. The van der Waals surface area contributed by atoms with Crippen LogP contribution in [0.25, 0.3) is 0 Å². The Labute approximate surface area is 119 Å². The SMILES string of the molecule is CN(C)C(=O)c1ccc(N)c(Sc2n[nH]c(=O)n2C)c1. The minimum atomic E-state index is -0.299. The van der Waals surface area contributed by atoms with E-state index >= 15 is 0 Å². The number of rotatable bonds is 3. The van der Waals surface area contributed by atoms with Gasteiger partial charge in [-0.1, -0.05) is 0 Å². The Hall–Kier alpha value is -2.22. The molecule has 0 saturated heterocycles. The lowest BCUT2D eigenvalue weighted by Crippen LogP contribution is -2.21. The van der Waals surface area contributed by atoms with Gasteiger partial charge in [-0.2, -0.15) is 0 Å². The number of aromatic nitrogens is 3. The number of nitrogens with zero attached hydrogens (tertiary/aromatic N) is 3. The first-order valence-electron chi connectivity index (χ1n) is 5.80. The van der Waals surface area contributed by atoms with Crippen molar-refractivity contribution in [2.75, 3.05) is 19.8 Å². The largest absolute Gasteiger partial charge is 0.398 e. The molecule has 1 aromatic carbocycles. The number of H-pyrrole nitrogens is 1. The standard InChI is InChI=1S/C12H15N5O2S/c1-16(2)10(18)7-4-5-8(13)9(6-7)20-12-15-14-11(19)17(12)3/h4-6H,13H2,1-3H3,(H,14,19). The van der Waals surface area contributed by atoms with Crippen molar-refractivity contribution >= 4 is 23.4 Å². The molecule has 7 nitrogen and oxygen atoms in total. The Morgan fingerprint density at radius 2 is 2.15 bits per heavy atom. The number of anilines is 1. The van der Waals surface area contributed by atoms with E-state index in [1.54, 1.807) is 39.3 Å². The van der Waals surface area contributed by atoms with Crippen LogP contribution in [0.5, 0.6) is 0 Å². The molecule has 0 aliphatic carbocycles. The first kappa shape index (κ1) is 14.2. The summed E-state index contributed by atoms with van der Waals surface area (Å²) in [6.07, 6.45) is 0. The average Bonchev–Trinajstić information content (AvgIpc) is 2.72. The number of aromatic amines is 1. The monoisotopic (exact) mass is 293 g/mol. The zero-order valence-electron chi connectivity index (χ0n) is 11.4. The van der Waals surface area contributed by atoms with Crippen molar-refractivity contribution in [3.8, 4) is 0 Å². The van der Waals surface area contributed by atoms with Crippen LogP contribution >= 0.6 is 11.8 Å². The minimum Gasteiger partial charge on any atom is -0.398 e. The molecule has 0 bridgehead atoms. The van der Waals surface area contributed by atoms with Gasteiger partial charge in [0.2, 0.25) is 0 Å². The highest BCUT2D eigenvalue weighted by molar-refractivity contribution is 7.99. The number of carbonyl (C=O) groups is 1. The molecule has 0 aliphatic rings. The normalized spacial score (nSPS) is 10.6. The second-order valence-electron chi connectivity index (χ2n) is 4.42. The lowest BCUT2D eigenvalue weighted by atomic mass is 10.2. The van der Waals surface area contributed by atoms with E-state index in [9.17, 15) is 9.59 Å². The molecule has 20 heavy (non-hydrogen) atoms. The highest BCUT2D eigenvalue weighted by atomic mass is 32.2. The van der Waals surface area contributed by atoms with Gasteiger partial charge in [0, 0.05) is 37.3 Å². The van der Waals surface area contributed by atoms with Crippen LogP contribution in [-0.2, 0) is 7.05 Å². The minimum absolute atomic E-state index is 0.109. The van der Waals surface area contributed by atoms with E-state index in [0.717, 1.165) is 0 Å². The highest BCUT2D eigenvalue weighted by Gasteiger charge is 2.13. The topological polar surface area (TPSA) is 97.0 Å². The van der Waals surface area contributed by atoms with Gasteiger partial charge < -0.3 is 10.6 Å². The summed E-state index contributed by atoms with van der Waals surface area (Å²) in [4.78, 5) is 25.4. The number of nitrogens with one attached hydrogen (secondary N) is 1. The van der Waals surface area contributed by atoms with Crippen LogP contribution in [0.3, 0.4) is 0 Å². The number of benzene rings is 1. The van der Waals surface area contributed by atoms with E-state index in [4.69, 9.17) is 5.73 Å². The second-order valence-corrected chi connectivity index (χ2v) is 5.43. The smallest absolute Gasteiger partial charge is 0.343 e. The van der Waals surface area contributed by atoms with Crippen molar-refractivity contribution < 1.29 is 4.79 Å². The summed E-state index contributed by atoms with van der Waals surface area (Å²) in [7, 11) is 4.98. The Bertz CT molecular complexity index is 704. The summed E-state index contributed by atoms with van der Waals surface area (Å²) >= 11 is 1.23. The van der Waals surface area contributed by atoms with E-state index in [0.29, 0.717) is 21.3 Å². The molecule has 0 spiro atoms. The second kappa shape index (κ2) is 5.41. The van der Waals surface area contributed by atoms with Gasteiger partial charge in [-0.3, -0.25) is 9.36 Å². The van der Waals surface area contributed by atoms with Crippen molar-refractivity contribution in [1.82, 2.24) is 19.7 Å². The number of nitrogens with two attached hydrogens (primary N) is 1. The third-order valence-corrected chi connectivity index (χ3v) is 3.83. The van der Waals surface area contributed by atoms with Crippen LogP contribution in [0.4, 0.5) is 5.69 Å². The molecule has 0 radical (unpaired) electrons. The van der Waals surface area contributed by atoms with Gasteiger partial charge in [0.1, 0.15) is 0 Å². The number of hydrogen-bond acceptors (Lipinski definition) is 5. The summed E-state index contributed by atoms with van der Waals surface area (Å²) in [6, 6.07) is 5.04. The quantitative estimate of drug-likeness (QED) is 0.805. The predicted octanol–water partition coefficient (Wildman–Crippen LogP) is 0.544. The molecule has 1 amide bonds. The van der Waals surface area contributed by atoms with Gasteiger partial charge in [-0.15, -0.1) is 5.10 Å². The zero-order chi connectivity index (χ0) is 14.9. The summed E-state index contributed by atoms with van der Waals surface area (Å²) in [6.45, 7) is 0. The van der Waals surface area contributed by atoms with Crippen molar-refractivity contribution in [3.05, 3.63) is 34.2 Å². The molecule has 0 aliphatic heterocycles. The van der Waals surface area contributed by atoms with E-state index in [1.165, 1.54) is 21.2 Å². The molecule has 2 rings (SSSR count). The van der Waals surface area contributed by atoms with Crippen LogP contribution < -0.4 is 11.4 Å². The first-order valence-corrected chi connectivity index (χ1v) is 6.62. The van der Waals surface area contributed by atoms with Crippen molar-refractivity contribution in [2.45, 2.75) is 10.1 Å². The molecule has 3 N–H and O–H groups in total. The molecular formula is C12H15N5O2S. The zero-order valence-corrected chi connectivity index (χ0v) is 12.2. The van der Waals surface area contributed by atoms with Crippen molar-refractivity contribution in [2.24, 2.45) is 7.05 Å². The van der Waals surface area contributed by atoms with Gasteiger partial charge in [0.15, 0.2) is 5.16 Å². The molecule has 106 valence electrons. The van der Waals surface area contributed by atoms with Crippen molar-refractivity contribution in [3.63, 3.8) is 0 Å². The molecule has 0 fully saturated rings. The average molecular weight is 293 g/mol. The van der Waals surface area contributed by atoms with E-state index < -0.39 is 0 Å². The molecule has 0 atom stereocenters. The van der Waals surface area contributed by atoms with E-state index in [1.807, 2.05) is 0 Å². The first-order chi connectivity index (χ1) is 9.40. The fraction of sp³-hybridized carbons (Fsp3) is 0.250. The summed E-state index contributed by atoms with van der Waals surface area (Å²) in [5.41, 5.74) is 6.66. The lowest BCUT2D eigenvalue weighted by Gasteiger charge is -2.12. The summed E-state index contributed by atoms with van der Waals surface area (Å²) in [5.74, 6) is -0.109. The Morgan fingerprint density at radius 3 is 2.70 bits per heavy atom. The van der Waals surface area contributed by atoms with Gasteiger partial charge in [0.25, 0.3) is 5.91 Å². The number of amides is 1. The maximum atomic E-state index is 11.9. The van der Waals surface area contributed by atoms with Gasteiger partial charge in [-0.05, 0) is 30.0 Å². The third kappa shape index (κ3) is 2.69.